The molecule has 1 aliphatic rings. The van der Waals surface area contributed by atoms with Gasteiger partial charge in [-0.1, -0.05) is 12.8 Å². The topological polar surface area (TPSA) is 23.6 Å². The molecule has 0 aromatic rings. The van der Waals surface area contributed by atoms with Crippen molar-refractivity contribution in [3.8, 4) is 0 Å². The molecule has 1 saturated carbocycles. The fraction of sp³-hybridized carbons (Fsp3) is 0.923. The van der Waals surface area contributed by atoms with Gasteiger partial charge in [0.05, 0.1) is 0 Å². The number of hydrogen-bond acceptors (Lipinski definition) is 3. The first-order valence-electron chi connectivity index (χ1n) is 6.45. The maximum Gasteiger partial charge on any atom is 0.137 e. The van der Waals surface area contributed by atoms with Crippen LogP contribution in [0.3, 0.4) is 0 Å². The second-order valence-electron chi connectivity index (χ2n) is 5.33. The number of ketones is 1. The molecule has 1 unspecified atom stereocenters. The number of hydrogen-bond donors (Lipinski definition) is 0. The number of nitrogens with zero attached hydrogens (tertiary/aromatic N) is 2. The molecule has 0 spiro atoms. The standard InChI is InChI=1S/C13H26N2O/c1-14(2)9-10-15(3)11-12-7-5-4-6-8-13(12)16/h12H,4-11H2,1-3H3. The van der Waals surface area contributed by atoms with Crippen molar-refractivity contribution in [1.82, 2.24) is 9.80 Å². The van der Waals surface area contributed by atoms with E-state index in [-0.39, 0.29) is 0 Å². The summed E-state index contributed by atoms with van der Waals surface area (Å²) in [5, 5.41) is 0. The number of carbonyl (C=O) groups is 1. The van der Waals surface area contributed by atoms with E-state index in [4.69, 9.17) is 0 Å². The number of likely N-dealkylation sites (N-methyl/N-ethyl adjacent to an activating group) is 2. The quantitative estimate of drug-likeness (QED) is 0.666. The van der Waals surface area contributed by atoms with Crippen LogP contribution in [0.4, 0.5) is 0 Å². The lowest BCUT2D eigenvalue weighted by atomic mass is 9.98. The molecule has 0 radical (unpaired) electrons. The van der Waals surface area contributed by atoms with Crippen LogP contribution in [0.2, 0.25) is 0 Å². The number of Topliss-reactive ketones (excluding diaryl/α,β-unsaturated/α-hetero) is 1. The van der Waals surface area contributed by atoms with Crippen molar-refractivity contribution < 1.29 is 4.79 Å². The van der Waals surface area contributed by atoms with Gasteiger partial charge in [0.15, 0.2) is 0 Å². The van der Waals surface area contributed by atoms with Crippen LogP contribution in [0.1, 0.15) is 32.1 Å². The molecular formula is C13H26N2O. The second-order valence-corrected chi connectivity index (χ2v) is 5.33. The van der Waals surface area contributed by atoms with Crippen LogP contribution < -0.4 is 0 Å². The fourth-order valence-corrected chi connectivity index (χ4v) is 2.26. The van der Waals surface area contributed by atoms with Gasteiger partial charge in [-0.05, 0) is 34.0 Å². The fourth-order valence-electron chi connectivity index (χ4n) is 2.26. The molecular weight excluding hydrogens is 200 g/mol. The summed E-state index contributed by atoms with van der Waals surface area (Å²) in [6, 6.07) is 0. The highest BCUT2D eigenvalue weighted by Crippen LogP contribution is 2.20. The predicted molar refractivity (Wildman–Crippen MR) is 67.6 cm³/mol. The average Bonchev–Trinajstić information content (AvgIpc) is 2.42. The summed E-state index contributed by atoms with van der Waals surface area (Å²) in [4.78, 5) is 16.3. The molecule has 0 N–H and O–H groups in total. The summed E-state index contributed by atoms with van der Waals surface area (Å²) in [6.45, 7) is 3.07. The van der Waals surface area contributed by atoms with Crippen LogP contribution in [0.25, 0.3) is 0 Å². The highest BCUT2D eigenvalue weighted by atomic mass is 16.1. The van der Waals surface area contributed by atoms with E-state index < -0.39 is 0 Å². The van der Waals surface area contributed by atoms with Gasteiger partial charge in [0.1, 0.15) is 5.78 Å². The van der Waals surface area contributed by atoms with Crippen LogP contribution in [0.5, 0.6) is 0 Å². The Morgan fingerprint density at radius 3 is 2.56 bits per heavy atom. The van der Waals surface area contributed by atoms with Crippen molar-refractivity contribution >= 4 is 5.78 Å². The molecule has 0 heterocycles. The summed E-state index contributed by atoms with van der Waals surface area (Å²) >= 11 is 0. The Labute approximate surface area is 99.8 Å². The average molecular weight is 226 g/mol. The van der Waals surface area contributed by atoms with E-state index in [1.54, 1.807) is 0 Å². The Morgan fingerprint density at radius 2 is 1.88 bits per heavy atom. The van der Waals surface area contributed by atoms with Gasteiger partial charge in [0, 0.05) is 32.0 Å². The van der Waals surface area contributed by atoms with E-state index in [2.05, 4.69) is 30.9 Å². The molecule has 1 rings (SSSR count). The van der Waals surface area contributed by atoms with Crippen molar-refractivity contribution in [2.75, 3.05) is 40.8 Å². The molecule has 0 bridgehead atoms. The van der Waals surface area contributed by atoms with Crippen molar-refractivity contribution in [1.29, 1.82) is 0 Å². The van der Waals surface area contributed by atoms with Crippen molar-refractivity contribution in [3.05, 3.63) is 0 Å². The molecule has 1 aliphatic carbocycles. The Hall–Kier alpha value is -0.410. The van der Waals surface area contributed by atoms with Crippen molar-refractivity contribution in [2.24, 2.45) is 5.92 Å². The maximum atomic E-state index is 11.9. The molecule has 0 amide bonds. The van der Waals surface area contributed by atoms with Gasteiger partial charge < -0.3 is 9.80 Å². The van der Waals surface area contributed by atoms with Gasteiger partial charge in [0.25, 0.3) is 0 Å². The molecule has 3 nitrogen and oxygen atoms in total. The summed E-state index contributed by atoms with van der Waals surface area (Å²) in [7, 11) is 6.30. The largest absolute Gasteiger partial charge is 0.308 e. The monoisotopic (exact) mass is 226 g/mol. The summed E-state index contributed by atoms with van der Waals surface area (Å²) in [5.41, 5.74) is 0. The van der Waals surface area contributed by atoms with Gasteiger partial charge in [-0.3, -0.25) is 4.79 Å². The lowest BCUT2D eigenvalue weighted by Crippen LogP contribution is -2.34. The Bertz CT molecular complexity index is 216. The van der Waals surface area contributed by atoms with Crippen LogP contribution in [-0.4, -0.2) is 56.4 Å². The highest BCUT2D eigenvalue weighted by Gasteiger charge is 2.21. The molecule has 94 valence electrons. The molecule has 16 heavy (non-hydrogen) atoms. The normalized spacial score (nSPS) is 22.8. The van der Waals surface area contributed by atoms with E-state index in [0.717, 1.165) is 38.9 Å². The summed E-state index contributed by atoms with van der Waals surface area (Å²) in [6.07, 6.45) is 5.50. The summed E-state index contributed by atoms with van der Waals surface area (Å²) in [5.74, 6) is 0.795. The van der Waals surface area contributed by atoms with E-state index in [9.17, 15) is 4.79 Å². The Morgan fingerprint density at radius 1 is 1.12 bits per heavy atom. The van der Waals surface area contributed by atoms with Gasteiger partial charge in [0.2, 0.25) is 0 Å². The first-order chi connectivity index (χ1) is 7.59. The molecule has 0 aromatic carbocycles. The third-order valence-corrected chi connectivity index (χ3v) is 3.39. The zero-order valence-electron chi connectivity index (χ0n) is 11.0. The lowest BCUT2D eigenvalue weighted by Gasteiger charge is -2.23. The van der Waals surface area contributed by atoms with E-state index in [1.165, 1.54) is 12.8 Å². The smallest absolute Gasteiger partial charge is 0.137 e. The molecule has 3 heteroatoms. The zero-order valence-corrected chi connectivity index (χ0v) is 11.0. The third-order valence-electron chi connectivity index (χ3n) is 3.39. The summed E-state index contributed by atoms with van der Waals surface area (Å²) < 4.78 is 0. The molecule has 1 atom stereocenters. The van der Waals surface area contributed by atoms with Crippen LogP contribution >= 0.6 is 0 Å². The minimum atomic E-state index is 0.301. The molecule has 0 aliphatic heterocycles. The zero-order chi connectivity index (χ0) is 12.0. The molecule has 0 saturated heterocycles. The van der Waals surface area contributed by atoms with Crippen molar-refractivity contribution in [2.45, 2.75) is 32.1 Å². The van der Waals surface area contributed by atoms with Gasteiger partial charge in [-0.2, -0.15) is 0 Å². The number of carbonyl (C=O) groups excluding carboxylic acids is 1. The minimum absolute atomic E-state index is 0.301. The Balaban J connectivity index is 2.30. The molecule has 0 aromatic heterocycles. The first-order valence-corrected chi connectivity index (χ1v) is 6.45. The van der Waals surface area contributed by atoms with Gasteiger partial charge >= 0.3 is 0 Å². The maximum absolute atomic E-state index is 11.9. The van der Waals surface area contributed by atoms with E-state index in [1.807, 2.05) is 0 Å². The number of rotatable bonds is 5. The van der Waals surface area contributed by atoms with Crippen LogP contribution in [0, 0.1) is 5.92 Å². The third kappa shape index (κ3) is 5.08. The lowest BCUT2D eigenvalue weighted by molar-refractivity contribution is -0.123. The SMILES string of the molecule is CN(C)CCN(C)CC1CCCCCC1=O. The first kappa shape index (κ1) is 13.7. The minimum Gasteiger partial charge on any atom is -0.308 e. The van der Waals surface area contributed by atoms with Gasteiger partial charge in [-0.25, -0.2) is 0 Å². The van der Waals surface area contributed by atoms with Crippen LogP contribution in [-0.2, 0) is 4.79 Å². The second kappa shape index (κ2) is 7.02. The van der Waals surface area contributed by atoms with Crippen molar-refractivity contribution in [3.63, 3.8) is 0 Å². The predicted octanol–water partition coefficient (Wildman–Crippen LogP) is 1.63. The van der Waals surface area contributed by atoms with E-state index >= 15 is 0 Å². The molecule has 1 fully saturated rings. The van der Waals surface area contributed by atoms with Gasteiger partial charge in [-0.15, -0.1) is 0 Å². The Kier molecular flexibility index (Phi) is 5.99. The van der Waals surface area contributed by atoms with Crippen LogP contribution in [0.15, 0.2) is 0 Å². The highest BCUT2D eigenvalue weighted by molar-refractivity contribution is 5.81. The van der Waals surface area contributed by atoms with E-state index in [0.29, 0.717) is 11.7 Å².